The van der Waals surface area contributed by atoms with Gasteiger partial charge in [0.25, 0.3) is 4.73 Å². The van der Waals surface area contributed by atoms with Crippen molar-refractivity contribution in [2.45, 2.75) is 6.54 Å². The largest absolute Gasteiger partial charge is 0.492 e. The van der Waals surface area contributed by atoms with E-state index < -0.39 is 16.7 Å². The predicted octanol–water partition coefficient (Wildman–Crippen LogP) is 2.01. The first-order valence-corrected chi connectivity index (χ1v) is 5.74. The van der Waals surface area contributed by atoms with Gasteiger partial charge in [-0.3, -0.25) is 0 Å². The van der Waals surface area contributed by atoms with Crippen molar-refractivity contribution in [2.24, 2.45) is 0 Å². The molecule has 0 saturated heterocycles. The monoisotopic (exact) mass is 325 g/mol. The summed E-state index contributed by atoms with van der Waals surface area (Å²) in [5.41, 5.74) is 0.634. The maximum Gasteiger partial charge on any atom is 0.492 e. The molecule has 0 N–H and O–H groups in total. The second-order valence-electron chi connectivity index (χ2n) is 3.51. The SMILES string of the molecule is N#Cc1ccc(F)cc1Cn1nc([N+](=O)[O-])nc1Br. The molecule has 0 fully saturated rings. The molecule has 0 bridgehead atoms. The topological polar surface area (TPSA) is 97.6 Å². The molecule has 0 saturated carbocycles. The molecule has 9 heteroatoms. The van der Waals surface area contributed by atoms with E-state index in [1.54, 1.807) is 0 Å². The van der Waals surface area contributed by atoms with Crippen LogP contribution in [0.25, 0.3) is 0 Å². The first-order chi connectivity index (χ1) is 9.01. The van der Waals surface area contributed by atoms with E-state index in [1.807, 2.05) is 6.07 Å². The molecule has 0 amide bonds. The fraction of sp³-hybridized carbons (Fsp3) is 0.100. The van der Waals surface area contributed by atoms with Crippen LogP contribution in [0.15, 0.2) is 22.9 Å². The van der Waals surface area contributed by atoms with Gasteiger partial charge in [-0.2, -0.15) is 9.94 Å². The summed E-state index contributed by atoms with van der Waals surface area (Å²) in [6.45, 7) is 0.00206. The van der Waals surface area contributed by atoms with Gasteiger partial charge in [-0.25, -0.2) is 4.39 Å². The molecule has 0 aliphatic heterocycles. The van der Waals surface area contributed by atoms with Crippen LogP contribution < -0.4 is 0 Å². The number of hydrogen-bond donors (Lipinski definition) is 0. The summed E-state index contributed by atoms with van der Waals surface area (Å²) < 4.78 is 14.5. The molecule has 2 rings (SSSR count). The fourth-order valence-electron chi connectivity index (χ4n) is 1.45. The predicted molar refractivity (Wildman–Crippen MR) is 64.6 cm³/mol. The summed E-state index contributed by atoms with van der Waals surface area (Å²) in [6.07, 6.45) is 0. The molecule has 7 nitrogen and oxygen atoms in total. The molecular formula is C10H5BrFN5O2. The normalized spacial score (nSPS) is 10.2. The summed E-state index contributed by atoms with van der Waals surface area (Å²) >= 11 is 3.02. The van der Waals surface area contributed by atoms with E-state index in [1.165, 1.54) is 22.9 Å². The summed E-state index contributed by atoms with van der Waals surface area (Å²) in [4.78, 5) is 13.4. The highest BCUT2D eigenvalue weighted by atomic mass is 79.9. The first kappa shape index (κ1) is 13.1. The van der Waals surface area contributed by atoms with E-state index in [0.717, 1.165) is 0 Å². The van der Waals surface area contributed by atoms with Crippen molar-refractivity contribution >= 4 is 21.9 Å². The van der Waals surface area contributed by atoms with E-state index in [9.17, 15) is 14.5 Å². The number of benzene rings is 1. The highest BCUT2D eigenvalue weighted by molar-refractivity contribution is 9.10. The standard InChI is InChI=1S/C10H5BrFN5O2/c11-9-14-10(17(18)19)15-16(9)5-7-3-8(12)2-1-6(7)4-13/h1-3H,5H2. The lowest BCUT2D eigenvalue weighted by Gasteiger charge is -2.02. The van der Waals surface area contributed by atoms with Crippen LogP contribution in [-0.4, -0.2) is 19.7 Å². The molecule has 0 aliphatic rings. The van der Waals surface area contributed by atoms with Crippen LogP contribution in [0.5, 0.6) is 0 Å². The van der Waals surface area contributed by atoms with Gasteiger partial charge in [0.05, 0.1) is 18.2 Å². The van der Waals surface area contributed by atoms with Crippen LogP contribution in [0, 0.1) is 27.3 Å². The zero-order valence-corrected chi connectivity index (χ0v) is 10.8. The van der Waals surface area contributed by atoms with Gasteiger partial charge in [0.2, 0.25) is 0 Å². The Kier molecular flexibility index (Phi) is 3.52. The van der Waals surface area contributed by atoms with E-state index >= 15 is 0 Å². The summed E-state index contributed by atoms with van der Waals surface area (Å²) in [5.74, 6) is -1.07. The number of nitrogens with zero attached hydrogens (tertiary/aromatic N) is 5. The lowest BCUT2D eigenvalue weighted by molar-refractivity contribution is -0.394. The Morgan fingerprint density at radius 3 is 2.89 bits per heavy atom. The number of halogens is 2. The third-order valence-corrected chi connectivity index (χ3v) is 2.87. The Morgan fingerprint density at radius 1 is 1.58 bits per heavy atom. The molecule has 1 aromatic carbocycles. The number of nitriles is 1. The van der Waals surface area contributed by atoms with Crippen molar-refractivity contribution in [3.63, 3.8) is 0 Å². The number of hydrogen-bond acceptors (Lipinski definition) is 5. The van der Waals surface area contributed by atoms with Gasteiger partial charge < -0.3 is 10.1 Å². The van der Waals surface area contributed by atoms with Crippen LogP contribution in [0.3, 0.4) is 0 Å². The minimum atomic E-state index is -0.738. The van der Waals surface area contributed by atoms with Gasteiger partial charge in [0, 0.05) is 21.0 Å². The Bertz CT molecular complexity index is 694. The van der Waals surface area contributed by atoms with E-state index in [4.69, 9.17) is 5.26 Å². The number of rotatable bonds is 3. The Labute approximate surface area is 114 Å². The molecule has 19 heavy (non-hydrogen) atoms. The Balaban J connectivity index is 2.39. The van der Waals surface area contributed by atoms with Crippen LogP contribution in [-0.2, 0) is 6.54 Å². The molecule has 0 radical (unpaired) electrons. The maximum atomic E-state index is 13.1. The van der Waals surface area contributed by atoms with Gasteiger partial charge >= 0.3 is 5.95 Å². The number of aromatic nitrogens is 3. The Hall–Kier alpha value is -2.34. The van der Waals surface area contributed by atoms with E-state index in [0.29, 0.717) is 5.56 Å². The summed E-state index contributed by atoms with van der Waals surface area (Å²) in [7, 11) is 0. The molecule has 0 atom stereocenters. The summed E-state index contributed by atoms with van der Waals surface area (Å²) in [6, 6.07) is 5.60. The molecule has 0 spiro atoms. The van der Waals surface area contributed by atoms with Gasteiger partial charge in [-0.1, -0.05) is 0 Å². The summed E-state index contributed by atoms with van der Waals surface area (Å²) in [5, 5.41) is 23.1. The Morgan fingerprint density at radius 2 is 2.32 bits per heavy atom. The molecule has 0 unspecified atom stereocenters. The minimum Gasteiger partial charge on any atom is -0.390 e. The molecule has 2 aromatic rings. The van der Waals surface area contributed by atoms with Gasteiger partial charge in [0.15, 0.2) is 0 Å². The van der Waals surface area contributed by atoms with Crippen molar-refractivity contribution < 1.29 is 9.31 Å². The highest BCUT2D eigenvalue weighted by Gasteiger charge is 2.20. The number of nitro groups is 1. The second-order valence-corrected chi connectivity index (χ2v) is 4.22. The molecule has 0 aliphatic carbocycles. The van der Waals surface area contributed by atoms with Gasteiger partial charge in [-0.05, 0) is 33.7 Å². The van der Waals surface area contributed by atoms with Gasteiger partial charge in [0.1, 0.15) is 5.82 Å². The molecule has 96 valence electrons. The van der Waals surface area contributed by atoms with Crippen molar-refractivity contribution in [1.29, 1.82) is 5.26 Å². The van der Waals surface area contributed by atoms with E-state index in [-0.39, 0.29) is 16.8 Å². The minimum absolute atomic E-state index is 0.00206. The van der Waals surface area contributed by atoms with Crippen molar-refractivity contribution in [2.75, 3.05) is 0 Å². The van der Waals surface area contributed by atoms with Crippen molar-refractivity contribution in [3.8, 4) is 6.07 Å². The average molecular weight is 326 g/mol. The van der Waals surface area contributed by atoms with Gasteiger partial charge in [-0.15, -0.1) is 0 Å². The maximum absolute atomic E-state index is 13.1. The lowest BCUT2D eigenvalue weighted by Crippen LogP contribution is -2.05. The lowest BCUT2D eigenvalue weighted by atomic mass is 10.1. The third-order valence-electron chi connectivity index (χ3n) is 2.29. The second kappa shape index (κ2) is 5.11. The van der Waals surface area contributed by atoms with E-state index in [2.05, 4.69) is 26.0 Å². The quantitative estimate of drug-likeness (QED) is 0.635. The molecule has 1 aromatic heterocycles. The van der Waals surface area contributed by atoms with Crippen LogP contribution in [0.2, 0.25) is 0 Å². The van der Waals surface area contributed by atoms with Crippen molar-refractivity contribution in [3.05, 3.63) is 50.0 Å². The van der Waals surface area contributed by atoms with Crippen LogP contribution >= 0.6 is 15.9 Å². The van der Waals surface area contributed by atoms with Crippen LogP contribution in [0.4, 0.5) is 10.3 Å². The first-order valence-electron chi connectivity index (χ1n) is 4.94. The molecule has 1 heterocycles. The zero-order valence-electron chi connectivity index (χ0n) is 9.25. The molecular weight excluding hydrogens is 321 g/mol. The highest BCUT2D eigenvalue weighted by Crippen LogP contribution is 2.17. The van der Waals surface area contributed by atoms with Crippen molar-refractivity contribution in [1.82, 2.24) is 14.8 Å². The smallest absolute Gasteiger partial charge is 0.390 e. The third kappa shape index (κ3) is 2.74. The zero-order chi connectivity index (χ0) is 14.0. The van der Waals surface area contributed by atoms with Crippen LogP contribution in [0.1, 0.15) is 11.1 Å². The fourth-order valence-corrected chi connectivity index (χ4v) is 1.82. The average Bonchev–Trinajstić information content (AvgIpc) is 2.72.